The zero-order chi connectivity index (χ0) is 18.1. The maximum atomic E-state index is 12.9. The standard InChI is InChI=1S/C19H22N4O3/c1-26-13-7-5-6-12(10-13)14-11-15(24)20-17-16(14)18(25)22-19(21-17)23-8-3-2-4-9-23/h5-7,10,14H,2-4,8-9,11H2,1H3,(H2,20,21,22,24,25). The predicted molar refractivity (Wildman–Crippen MR) is 99.0 cm³/mol. The van der Waals surface area contributed by atoms with E-state index in [-0.39, 0.29) is 23.8 Å². The lowest BCUT2D eigenvalue weighted by Crippen LogP contribution is -2.36. The number of benzene rings is 1. The first-order valence-corrected chi connectivity index (χ1v) is 8.98. The molecule has 2 N–H and O–H groups in total. The van der Waals surface area contributed by atoms with E-state index in [9.17, 15) is 9.59 Å². The SMILES string of the molecule is COc1cccc(C2CC(=O)Nc3nc(N4CCCCC4)[nH]c(=O)c32)c1. The lowest BCUT2D eigenvalue weighted by Gasteiger charge is -2.29. The zero-order valence-corrected chi connectivity index (χ0v) is 14.7. The van der Waals surface area contributed by atoms with Crippen LogP contribution >= 0.6 is 0 Å². The Hall–Kier alpha value is -2.83. The van der Waals surface area contributed by atoms with E-state index >= 15 is 0 Å². The van der Waals surface area contributed by atoms with Gasteiger partial charge in [-0.05, 0) is 37.0 Å². The Morgan fingerprint density at radius 1 is 1.19 bits per heavy atom. The monoisotopic (exact) mass is 354 g/mol. The molecule has 4 rings (SSSR count). The number of nitrogens with zero attached hydrogens (tertiary/aromatic N) is 2. The first kappa shape index (κ1) is 16.6. The van der Waals surface area contributed by atoms with Crippen molar-refractivity contribution < 1.29 is 9.53 Å². The number of anilines is 2. The molecular formula is C19H22N4O3. The number of rotatable bonds is 3. The lowest BCUT2D eigenvalue weighted by molar-refractivity contribution is -0.116. The summed E-state index contributed by atoms with van der Waals surface area (Å²) in [6.45, 7) is 1.74. The number of aromatic amines is 1. The molecule has 1 fully saturated rings. The van der Waals surface area contributed by atoms with Crippen molar-refractivity contribution in [3.05, 3.63) is 45.7 Å². The van der Waals surface area contributed by atoms with Crippen LogP contribution in [0.5, 0.6) is 5.75 Å². The van der Waals surface area contributed by atoms with Gasteiger partial charge in [0, 0.05) is 25.4 Å². The molecule has 0 saturated carbocycles. The highest BCUT2D eigenvalue weighted by Gasteiger charge is 2.31. The van der Waals surface area contributed by atoms with Crippen LogP contribution in [0.15, 0.2) is 29.1 Å². The van der Waals surface area contributed by atoms with Gasteiger partial charge in [0.25, 0.3) is 5.56 Å². The van der Waals surface area contributed by atoms with Crippen LogP contribution in [0.25, 0.3) is 0 Å². The Morgan fingerprint density at radius 3 is 2.77 bits per heavy atom. The number of fused-ring (bicyclic) bond motifs is 1. The molecule has 1 amide bonds. The van der Waals surface area contributed by atoms with Gasteiger partial charge in [0.1, 0.15) is 11.6 Å². The van der Waals surface area contributed by atoms with Gasteiger partial charge in [0.15, 0.2) is 0 Å². The Labute approximate surface area is 151 Å². The number of nitrogens with one attached hydrogen (secondary N) is 2. The van der Waals surface area contributed by atoms with Crippen molar-refractivity contribution in [1.82, 2.24) is 9.97 Å². The summed E-state index contributed by atoms with van der Waals surface area (Å²) < 4.78 is 5.28. The smallest absolute Gasteiger partial charge is 0.258 e. The molecule has 2 aliphatic rings. The first-order chi connectivity index (χ1) is 12.7. The van der Waals surface area contributed by atoms with E-state index in [1.807, 2.05) is 24.3 Å². The maximum Gasteiger partial charge on any atom is 0.258 e. The Morgan fingerprint density at radius 2 is 2.00 bits per heavy atom. The van der Waals surface area contributed by atoms with E-state index < -0.39 is 0 Å². The maximum absolute atomic E-state index is 12.9. The van der Waals surface area contributed by atoms with Gasteiger partial charge in [0.05, 0.1) is 12.7 Å². The van der Waals surface area contributed by atoms with Crippen LogP contribution in [0.1, 0.15) is 42.7 Å². The molecule has 0 spiro atoms. The molecule has 0 bridgehead atoms. The van der Waals surface area contributed by atoms with E-state index in [0.29, 0.717) is 23.1 Å². The molecule has 136 valence electrons. The van der Waals surface area contributed by atoms with Crippen LogP contribution in [0.3, 0.4) is 0 Å². The van der Waals surface area contributed by atoms with Gasteiger partial charge in [0.2, 0.25) is 11.9 Å². The van der Waals surface area contributed by atoms with Crippen LogP contribution in [0, 0.1) is 0 Å². The first-order valence-electron chi connectivity index (χ1n) is 8.98. The van der Waals surface area contributed by atoms with Gasteiger partial charge in [-0.1, -0.05) is 12.1 Å². The number of aromatic nitrogens is 2. The fraction of sp³-hybridized carbons (Fsp3) is 0.421. The third-order valence-electron chi connectivity index (χ3n) is 5.09. The van der Waals surface area contributed by atoms with Gasteiger partial charge in [-0.3, -0.25) is 14.6 Å². The van der Waals surface area contributed by atoms with Crippen LogP contribution in [-0.2, 0) is 4.79 Å². The molecule has 1 aromatic heterocycles. The van der Waals surface area contributed by atoms with Crippen LogP contribution in [0.2, 0.25) is 0 Å². The molecule has 3 heterocycles. The van der Waals surface area contributed by atoms with Crippen LogP contribution in [-0.4, -0.2) is 36.1 Å². The van der Waals surface area contributed by atoms with Crippen molar-refractivity contribution in [1.29, 1.82) is 0 Å². The third-order valence-corrected chi connectivity index (χ3v) is 5.09. The second-order valence-electron chi connectivity index (χ2n) is 6.78. The summed E-state index contributed by atoms with van der Waals surface area (Å²) in [6.07, 6.45) is 3.58. The Kier molecular flexibility index (Phi) is 4.36. The minimum atomic E-state index is -0.333. The van der Waals surface area contributed by atoms with Crippen molar-refractivity contribution in [3.8, 4) is 5.75 Å². The number of ether oxygens (including phenoxy) is 1. The van der Waals surface area contributed by atoms with Gasteiger partial charge in [-0.15, -0.1) is 0 Å². The fourth-order valence-corrected chi connectivity index (χ4v) is 3.76. The molecule has 0 radical (unpaired) electrons. The summed E-state index contributed by atoms with van der Waals surface area (Å²) in [5.74, 6) is 1.15. The average molecular weight is 354 g/mol. The number of H-pyrrole nitrogens is 1. The molecule has 26 heavy (non-hydrogen) atoms. The van der Waals surface area contributed by atoms with Crippen molar-refractivity contribution in [2.45, 2.75) is 31.6 Å². The van der Waals surface area contributed by atoms with Crippen molar-refractivity contribution in [2.24, 2.45) is 0 Å². The van der Waals surface area contributed by atoms with E-state index in [4.69, 9.17) is 4.74 Å². The van der Waals surface area contributed by atoms with Gasteiger partial charge in [-0.25, -0.2) is 0 Å². The number of hydrogen-bond acceptors (Lipinski definition) is 5. The van der Waals surface area contributed by atoms with Crippen molar-refractivity contribution in [2.75, 3.05) is 30.4 Å². The topological polar surface area (TPSA) is 87.3 Å². The number of amides is 1. The van der Waals surface area contributed by atoms with Crippen molar-refractivity contribution in [3.63, 3.8) is 0 Å². The van der Waals surface area contributed by atoms with Crippen LogP contribution in [0.4, 0.5) is 11.8 Å². The van der Waals surface area contributed by atoms with Crippen molar-refractivity contribution >= 4 is 17.7 Å². The summed E-state index contributed by atoms with van der Waals surface area (Å²) in [6, 6.07) is 7.48. The third kappa shape index (κ3) is 3.05. The average Bonchev–Trinajstić information content (AvgIpc) is 2.67. The largest absolute Gasteiger partial charge is 0.497 e. The molecule has 0 aliphatic carbocycles. The van der Waals surface area contributed by atoms with Gasteiger partial charge >= 0.3 is 0 Å². The number of piperidine rings is 1. The number of hydrogen-bond donors (Lipinski definition) is 2. The van der Waals surface area contributed by atoms with E-state index in [2.05, 4.69) is 20.2 Å². The molecule has 1 aromatic carbocycles. The second kappa shape index (κ2) is 6.82. The zero-order valence-electron chi connectivity index (χ0n) is 14.7. The van der Waals surface area contributed by atoms with E-state index in [1.54, 1.807) is 7.11 Å². The molecule has 7 nitrogen and oxygen atoms in total. The summed E-state index contributed by atoms with van der Waals surface area (Å²) >= 11 is 0. The minimum absolute atomic E-state index is 0.131. The highest BCUT2D eigenvalue weighted by atomic mass is 16.5. The highest BCUT2D eigenvalue weighted by Crippen LogP contribution is 2.35. The van der Waals surface area contributed by atoms with Crippen LogP contribution < -0.4 is 20.5 Å². The molecule has 2 aromatic rings. The van der Waals surface area contributed by atoms with E-state index in [1.165, 1.54) is 6.42 Å². The molecule has 1 atom stereocenters. The Bertz CT molecular complexity index is 887. The van der Waals surface area contributed by atoms with E-state index in [0.717, 1.165) is 31.5 Å². The number of methoxy groups -OCH3 is 1. The molecular weight excluding hydrogens is 332 g/mol. The molecule has 2 aliphatic heterocycles. The summed E-state index contributed by atoms with van der Waals surface area (Å²) in [5, 5.41) is 2.78. The minimum Gasteiger partial charge on any atom is -0.497 e. The van der Waals surface area contributed by atoms with Gasteiger partial charge in [-0.2, -0.15) is 4.98 Å². The quantitative estimate of drug-likeness (QED) is 0.883. The Balaban J connectivity index is 1.77. The lowest BCUT2D eigenvalue weighted by atomic mass is 9.87. The summed E-state index contributed by atoms with van der Waals surface area (Å²) in [5.41, 5.74) is 1.19. The second-order valence-corrected chi connectivity index (χ2v) is 6.78. The number of carbonyl (C=O) groups is 1. The highest BCUT2D eigenvalue weighted by molar-refractivity contribution is 5.94. The molecule has 1 saturated heterocycles. The molecule has 1 unspecified atom stereocenters. The van der Waals surface area contributed by atoms with Gasteiger partial charge < -0.3 is 15.0 Å². The normalized spacial score (nSPS) is 19.7. The number of carbonyl (C=O) groups excluding carboxylic acids is 1. The summed E-state index contributed by atoms with van der Waals surface area (Å²) in [7, 11) is 1.60. The fourth-order valence-electron chi connectivity index (χ4n) is 3.76. The molecule has 7 heteroatoms. The summed E-state index contributed by atoms with van der Waals surface area (Å²) in [4.78, 5) is 34.7. The predicted octanol–water partition coefficient (Wildman–Crippen LogP) is 2.24.